The molecule has 0 aromatic heterocycles. The standard InChI is InChI=1S/C16H18FNO3/c17-14-7-5-11(6-8-15(19)20)9-13(14)16(21)18-10-12-3-1-2-4-12/h5-9,12H,1-4,10H2,(H,18,21)(H,19,20). The summed E-state index contributed by atoms with van der Waals surface area (Å²) in [5, 5.41) is 11.3. The molecule has 21 heavy (non-hydrogen) atoms. The Hall–Kier alpha value is -2.17. The number of hydrogen-bond donors (Lipinski definition) is 2. The number of benzene rings is 1. The van der Waals surface area contributed by atoms with Gasteiger partial charge in [0, 0.05) is 12.6 Å². The average Bonchev–Trinajstić information content (AvgIpc) is 2.97. The highest BCUT2D eigenvalue weighted by molar-refractivity contribution is 5.95. The van der Waals surface area contributed by atoms with Crippen LogP contribution < -0.4 is 5.32 Å². The molecule has 5 heteroatoms. The molecule has 1 aliphatic rings. The summed E-state index contributed by atoms with van der Waals surface area (Å²) in [7, 11) is 0. The summed E-state index contributed by atoms with van der Waals surface area (Å²) in [4.78, 5) is 22.5. The minimum Gasteiger partial charge on any atom is -0.478 e. The molecule has 0 heterocycles. The highest BCUT2D eigenvalue weighted by atomic mass is 19.1. The van der Waals surface area contributed by atoms with Crippen LogP contribution in [0.25, 0.3) is 6.08 Å². The molecule has 0 saturated heterocycles. The molecule has 2 N–H and O–H groups in total. The summed E-state index contributed by atoms with van der Waals surface area (Å²) in [6.07, 6.45) is 6.85. The van der Waals surface area contributed by atoms with Gasteiger partial charge in [0.2, 0.25) is 0 Å². The minimum atomic E-state index is -1.09. The van der Waals surface area contributed by atoms with Crippen molar-refractivity contribution < 1.29 is 19.1 Å². The molecular weight excluding hydrogens is 273 g/mol. The van der Waals surface area contributed by atoms with Crippen molar-refractivity contribution in [1.82, 2.24) is 5.32 Å². The van der Waals surface area contributed by atoms with Crippen LogP contribution in [-0.2, 0) is 4.79 Å². The Morgan fingerprint density at radius 2 is 2.05 bits per heavy atom. The van der Waals surface area contributed by atoms with E-state index < -0.39 is 17.7 Å². The molecule has 0 spiro atoms. The van der Waals surface area contributed by atoms with Gasteiger partial charge in [-0.2, -0.15) is 0 Å². The zero-order chi connectivity index (χ0) is 15.2. The Labute approximate surface area is 122 Å². The van der Waals surface area contributed by atoms with Crippen molar-refractivity contribution in [3.63, 3.8) is 0 Å². The maximum absolute atomic E-state index is 13.7. The Balaban J connectivity index is 2.04. The van der Waals surface area contributed by atoms with Crippen LogP contribution >= 0.6 is 0 Å². The molecule has 0 aliphatic heterocycles. The molecule has 1 saturated carbocycles. The maximum Gasteiger partial charge on any atom is 0.328 e. The number of carboxylic acid groups (broad SMARTS) is 1. The van der Waals surface area contributed by atoms with Gasteiger partial charge in [-0.3, -0.25) is 4.79 Å². The molecule has 1 aliphatic carbocycles. The van der Waals surface area contributed by atoms with E-state index in [9.17, 15) is 14.0 Å². The molecule has 2 rings (SSSR count). The molecular formula is C16H18FNO3. The van der Waals surface area contributed by atoms with Gasteiger partial charge in [0.15, 0.2) is 0 Å². The van der Waals surface area contributed by atoms with Crippen LogP contribution in [0.5, 0.6) is 0 Å². The zero-order valence-electron chi connectivity index (χ0n) is 11.6. The first kappa shape index (κ1) is 15.2. The smallest absolute Gasteiger partial charge is 0.328 e. The average molecular weight is 291 g/mol. The van der Waals surface area contributed by atoms with E-state index in [1.54, 1.807) is 0 Å². The summed E-state index contributed by atoms with van der Waals surface area (Å²) in [5.74, 6) is -1.67. The second-order valence-corrected chi connectivity index (χ2v) is 5.27. The number of aliphatic carboxylic acids is 1. The van der Waals surface area contributed by atoms with Gasteiger partial charge in [-0.15, -0.1) is 0 Å². The molecule has 0 radical (unpaired) electrons. The van der Waals surface area contributed by atoms with Gasteiger partial charge in [0.1, 0.15) is 5.82 Å². The van der Waals surface area contributed by atoms with Gasteiger partial charge in [-0.1, -0.05) is 18.9 Å². The first-order valence-corrected chi connectivity index (χ1v) is 7.05. The predicted molar refractivity (Wildman–Crippen MR) is 77.4 cm³/mol. The number of rotatable bonds is 5. The van der Waals surface area contributed by atoms with Crippen molar-refractivity contribution in [2.75, 3.05) is 6.54 Å². The third-order valence-corrected chi connectivity index (χ3v) is 3.68. The quantitative estimate of drug-likeness (QED) is 0.820. The lowest BCUT2D eigenvalue weighted by Crippen LogP contribution is -2.29. The van der Waals surface area contributed by atoms with Crippen molar-refractivity contribution in [3.05, 3.63) is 41.2 Å². The van der Waals surface area contributed by atoms with E-state index >= 15 is 0 Å². The van der Waals surface area contributed by atoms with Crippen LogP contribution in [0, 0.1) is 11.7 Å². The van der Waals surface area contributed by atoms with E-state index in [1.807, 2.05) is 0 Å². The number of nitrogens with one attached hydrogen (secondary N) is 1. The number of halogens is 1. The van der Waals surface area contributed by atoms with Crippen molar-refractivity contribution >= 4 is 18.0 Å². The lowest BCUT2D eigenvalue weighted by Gasteiger charge is -2.11. The highest BCUT2D eigenvalue weighted by Gasteiger charge is 2.17. The fraction of sp³-hybridized carbons (Fsp3) is 0.375. The Bertz CT molecular complexity index is 563. The number of carbonyl (C=O) groups excluding carboxylic acids is 1. The van der Waals surface area contributed by atoms with E-state index in [0.717, 1.165) is 18.9 Å². The molecule has 4 nitrogen and oxygen atoms in total. The van der Waals surface area contributed by atoms with Crippen LogP contribution in [0.4, 0.5) is 4.39 Å². The van der Waals surface area contributed by atoms with Gasteiger partial charge in [0.25, 0.3) is 5.91 Å². The van der Waals surface area contributed by atoms with E-state index in [1.165, 1.54) is 37.1 Å². The van der Waals surface area contributed by atoms with E-state index in [-0.39, 0.29) is 5.56 Å². The molecule has 1 aromatic rings. The topological polar surface area (TPSA) is 66.4 Å². The Morgan fingerprint density at radius 3 is 2.71 bits per heavy atom. The van der Waals surface area contributed by atoms with Crippen molar-refractivity contribution in [1.29, 1.82) is 0 Å². The summed E-state index contributed by atoms with van der Waals surface area (Å²) in [6.45, 7) is 0.563. The second kappa shape index (κ2) is 7.02. The minimum absolute atomic E-state index is 0.0551. The van der Waals surface area contributed by atoms with Gasteiger partial charge in [-0.05, 0) is 42.5 Å². The zero-order valence-corrected chi connectivity index (χ0v) is 11.6. The molecule has 0 unspecified atom stereocenters. The summed E-state index contributed by atoms with van der Waals surface area (Å²) < 4.78 is 13.7. The molecule has 1 fully saturated rings. The normalized spacial score (nSPS) is 15.5. The monoisotopic (exact) mass is 291 g/mol. The second-order valence-electron chi connectivity index (χ2n) is 5.27. The van der Waals surface area contributed by atoms with Crippen molar-refractivity contribution in [2.24, 2.45) is 5.92 Å². The summed E-state index contributed by atoms with van der Waals surface area (Å²) >= 11 is 0. The van der Waals surface area contributed by atoms with E-state index in [4.69, 9.17) is 5.11 Å². The maximum atomic E-state index is 13.7. The molecule has 0 atom stereocenters. The SMILES string of the molecule is O=C(O)C=Cc1ccc(F)c(C(=O)NCC2CCCC2)c1. The molecule has 1 aromatic carbocycles. The van der Waals surface area contributed by atoms with Crippen LogP contribution in [0.2, 0.25) is 0 Å². The van der Waals surface area contributed by atoms with Gasteiger partial charge in [-0.25, -0.2) is 9.18 Å². The van der Waals surface area contributed by atoms with Gasteiger partial charge < -0.3 is 10.4 Å². The van der Waals surface area contributed by atoms with E-state index in [0.29, 0.717) is 18.0 Å². The van der Waals surface area contributed by atoms with Crippen LogP contribution in [0.15, 0.2) is 24.3 Å². The fourth-order valence-corrected chi connectivity index (χ4v) is 2.53. The van der Waals surface area contributed by atoms with Crippen LogP contribution in [-0.4, -0.2) is 23.5 Å². The summed E-state index contributed by atoms with van der Waals surface area (Å²) in [5.41, 5.74) is 0.422. The van der Waals surface area contributed by atoms with Gasteiger partial charge >= 0.3 is 5.97 Å². The number of amides is 1. The Morgan fingerprint density at radius 1 is 1.33 bits per heavy atom. The van der Waals surface area contributed by atoms with Gasteiger partial charge in [0.05, 0.1) is 5.56 Å². The molecule has 1 amide bonds. The van der Waals surface area contributed by atoms with E-state index in [2.05, 4.69) is 5.32 Å². The third-order valence-electron chi connectivity index (χ3n) is 3.68. The molecule has 0 bridgehead atoms. The third kappa shape index (κ3) is 4.41. The largest absolute Gasteiger partial charge is 0.478 e. The fourth-order valence-electron chi connectivity index (χ4n) is 2.53. The Kier molecular flexibility index (Phi) is 5.09. The first-order chi connectivity index (χ1) is 10.1. The number of hydrogen-bond acceptors (Lipinski definition) is 2. The lowest BCUT2D eigenvalue weighted by atomic mass is 10.1. The van der Waals surface area contributed by atoms with Crippen molar-refractivity contribution in [2.45, 2.75) is 25.7 Å². The predicted octanol–water partition coefficient (Wildman–Crippen LogP) is 2.84. The number of carbonyl (C=O) groups is 2. The highest BCUT2D eigenvalue weighted by Crippen LogP contribution is 2.23. The van der Waals surface area contributed by atoms with Crippen LogP contribution in [0.1, 0.15) is 41.6 Å². The lowest BCUT2D eigenvalue weighted by molar-refractivity contribution is -0.131. The molecule has 112 valence electrons. The summed E-state index contributed by atoms with van der Waals surface area (Å²) in [6, 6.07) is 3.97. The first-order valence-electron chi connectivity index (χ1n) is 7.05. The number of carboxylic acids is 1. The van der Waals surface area contributed by atoms with Crippen molar-refractivity contribution in [3.8, 4) is 0 Å². The van der Waals surface area contributed by atoms with Crippen LogP contribution in [0.3, 0.4) is 0 Å².